The van der Waals surface area contributed by atoms with Crippen LogP contribution in [0.5, 0.6) is 0 Å². The molecule has 8 aromatic rings. The standard InChI is InChI=1S/C20H19N3O.C14H11N3O2.C14H12N2O.C6H8N2/c1-22-11-10-17-15(12-22)14-8-5-9-16-19(14)23(17)18(20(24)21-16)13-6-3-2-4-7-13;18-14-13(10-6-2-1-3-7-10)17(16-19)12-9-5-4-8-11(12)15-14;17-14-13(10-6-2-1-3-7-10)15-11-8-4-5-9-12(11)16-14;7-5-3-1-2-4-6(5)8/h2-9,18H,10-12H2,1H3,(H,21,24);1-9,13H,(H,15,18);1-9,13,15H,(H,16,17);1-4H,7-8H2. The van der Waals surface area contributed by atoms with Crippen molar-refractivity contribution in [3.8, 4) is 0 Å². The zero-order valence-electron chi connectivity index (χ0n) is 37.3. The summed E-state index contributed by atoms with van der Waals surface area (Å²) in [6, 6.07) is 55.9. The number of carbonyl (C=O) groups is 3. The fraction of sp³-hybridized carbons (Fsp3) is 0.130. The molecule has 14 nitrogen and oxygen atoms in total. The highest BCUT2D eigenvalue weighted by Gasteiger charge is 2.36. The van der Waals surface area contributed by atoms with E-state index in [0.717, 1.165) is 53.3 Å². The lowest BCUT2D eigenvalue weighted by molar-refractivity contribution is -0.119. The van der Waals surface area contributed by atoms with Gasteiger partial charge in [0.15, 0.2) is 6.04 Å². The summed E-state index contributed by atoms with van der Waals surface area (Å²) in [5.74, 6) is -0.224. The van der Waals surface area contributed by atoms with Gasteiger partial charge in [0.05, 0.1) is 50.6 Å². The molecule has 340 valence electrons. The SMILES string of the molecule is CN1CCc2c(c3cccc4c3n2C(c2ccccc2)C(=O)N4)C1.Nc1ccccc1N.O=C1Nc2ccccc2NC1c1ccccc1.O=NN1c2ccccc2NC(=O)C1c1ccccc1. The number of nitrogens with one attached hydrogen (secondary N) is 4. The molecule has 0 bridgehead atoms. The van der Waals surface area contributed by atoms with Crippen LogP contribution in [-0.2, 0) is 27.3 Å². The first kappa shape index (κ1) is 44.5. The molecule has 4 aliphatic heterocycles. The molecule has 0 aliphatic carbocycles. The van der Waals surface area contributed by atoms with Crippen LogP contribution in [0.4, 0.5) is 39.8 Å². The summed E-state index contributed by atoms with van der Waals surface area (Å²) in [5, 5.41) is 17.6. The fourth-order valence-electron chi connectivity index (χ4n) is 9.00. The number of nitrogens with two attached hydrogens (primary N) is 2. The van der Waals surface area contributed by atoms with Crippen molar-refractivity contribution < 1.29 is 14.4 Å². The highest BCUT2D eigenvalue weighted by Crippen LogP contribution is 2.42. The largest absolute Gasteiger partial charge is 0.397 e. The molecule has 1 aromatic heterocycles. The van der Waals surface area contributed by atoms with Gasteiger partial charge in [-0.3, -0.25) is 14.4 Å². The third kappa shape index (κ3) is 9.08. The molecule has 8 N–H and O–H groups in total. The molecule has 0 radical (unpaired) electrons. The summed E-state index contributed by atoms with van der Waals surface area (Å²) >= 11 is 0. The number of nitrogen functional groups attached to an aromatic ring is 2. The zero-order chi connectivity index (χ0) is 47.1. The second-order valence-corrected chi connectivity index (χ2v) is 16.7. The van der Waals surface area contributed by atoms with Gasteiger partial charge >= 0.3 is 0 Å². The summed E-state index contributed by atoms with van der Waals surface area (Å²) < 4.78 is 2.29. The van der Waals surface area contributed by atoms with Crippen LogP contribution in [0.25, 0.3) is 10.9 Å². The molecule has 3 unspecified atom stereocenters. The van der Waals surface area contributed by atoms with Crippen molar-refractivity contribution in [3.63, 3.8) is 0 Å². The van der Waals surface area contributed by atoms with E-state index >= 15 is 0 Å². The van der Waals surface area contributed by atoms with Crippen LogP contribution in [0.1, 0.15) is 46.1 Å². The monoisotopic (exact) mass is 902 g/mol. The maximum absolute atomic E-state index is 12.9. The van der Waals surface area contributed by atoms with E-state index in [1.807, 2.05) is 127 Å². The third-order valence-electron chi connectivity index (χ3n) is 12.3. The number of hydrogen-bond acceptors (Lipinski definition) is 9. The van der Waals surface area contributed by atoms with E-state index in [4.69, 9.17) is 11.5 Å². The topological polar surface area (TPSA) is 192 Å². The molecule has 5 heterocycles. The Labute approximate surface area is 393 Å². The predicted octanol–water partition coefficient (Wildman–Crippen LogP) is 9.68. The Hall–Kier alpha value is -8.75. The first-order chi connectivity index (χ1) is 33.2. The lowest BCUT2D eigenvalue weighted by Gasteiger charge is -2.31. The first-order valence-corrected chi connectivity index (χ1v) is 22.3. The lowest BCUT2D eigenvalue weighted by Crippen LogP contribution is -2.38. The van der Waals surface area contributed by atoms with Crippen molar-refractivity contribution in [2.75, 3.05) is 51.3 Å². The van der Waals surface area contributed by atoms with Gasteiger partial charge in [-0.1, -0.05) is 140 Å². The minimum absolute atomic E-state index is 0.0186. The van der Waals surface area contributed by atoms with Crippen LogP contribution in [-0.4, -0.2) is 40.8 Å². The van der Waals surface area contributed by atoms with E-state index < -0.39 is 6.04 Å². The minimum Gasteiger partial charge on any atom is -0.397 e. The van der Waals surface area contributed by atoms with Gasteiger partial charge in [-0.05, 0) is 71.8 Å². The summed E-state index contributed by atoms with van der Waals surface area (Å²) in [4.78, 5) is 50.6. The minimum atomic E-state index is -0.728. The molecule has 3 amide bonds. The van der Waals surface area contributed by atoms with Crippen LogP contribution in [0.15, 0.2) is 187 Å². The maximum atomic E-state index is 12.9. The van der Waals surface area contributed by atoms with Gasteiger partial charge in [-0.2, -0.15) is 0 Å². The van der Waals surface area contributed by atoms with Gasteiger partial charge in [0, 0.05) is 30.6 Å². The first-order valence-electron chi connectivity index (χ1n) is 22.3. The van der Waals surface area contributed by atoms with Crippen LogP contribution in [0, 0.1) is 4.91 Å². The number of nitroso groups, excluding NO2 is 1. The molecule has 14 heteroatoms. The molecule has 0 saturated heterocycles. The van der Waals surface area contributed by atoms with Crippen LogP contribution in [0.3, 0.4) is 0 Å². The van der Waals surface area contributed by atoms with Gasteiger partial charge < -0.3 is 42.2 Å². The smallest absolute Gasteiger partial charge is 0.254 e. The predicted molar refractivity (Wildman–Crippen MR) is 271 cm³/mol. The van der Waals surface area contributed by atoms with E-state index in [1.165, 1.54) is 27.2 Å². The second kappa shape index (κ2) is 19.8. The number of hydrogen-bond donors (Lipinski definition) is 6. The average Bonchev–Trinajstić information content (AvgIpc) is 3.69. The lowest BCUT2D eigenvalue weighted by atomic mass is 10.0. The number of anilines is 7. The molecular formula is C54H50N10O4. The molecule has 12 rings (SSSR count). The second-order valence-electron chi connectivity index (χ2n) is 16.7. The highest BCUT2D eigenvalue weighted by atomic mass is 16.3. The Morgan fingerprint density at radius 1 is 0.529 bits per heavy atom. The molecule has 0 saturated carbocycles. The number of para-hydroxylation sites is 7. The van der Waals surface area contributed by atoms with Gasteiger partial charge in [0.25, 0.3) is 17.7 Å². The van der Waals surface area contributed by atoms with Crippen molar-refractivity contribution in [2.45, 2.75) is 31.1 Å². The molecule has 68 heavy (non-hydrogen) atoms. The normalized spacial score (nSPS) is 17.5. The van der Waals surface area contributed by atoms with Crippen LogP contribution in [0.2, 0.25) is 0 Å². The van der Waals surface area contributed by atoms with Crippen LogP contribution >= 0.6 is 0 Å². The Morgan fingerprint density at radius 2 is 1.03 bits per heavy atom. The van der Waals surface area contributed by atoms with Gasteiger partial charge in [0.1, 0.15) is 12.1 Å². The number of benzene rings is 7. The number of aromatic nitrogens is 1. The van der Waals surface area contributed by atoms with Gasteiger partial charge in [-0.15, -0.1) is 4.91 Å². The van der Waals surface area contributed by atoms with E-state index in [2.05, 4.69) is 49.1 Å². The molecule has 7 aromatic carbocycles. The number of carbonyl (C=O) groups excluding carboxylic acids is 3. The Bertz CT molecular complexity index is 3090. The summed E-state index contributed by atoms with van der Waals surface area (Å²) in [6.45, 7) is 1.97. The third-order valence-corrected chi connectivity index (χ3v) is 12.3. The van der Waals surface area contributed by atoms with Crippen LogP contribution < -0.4 is 37.7 Å². The summed E-state index contributed by atoms with van der Waals surface area (Å²) in [5.41, 5.74) is 22.6. The number of likely N-dealkylation sites (N-methyl/N-ethyl adjacent to an activating group) is 1. The maximum Gasteiger partial charge on any atom is 0.254 e. The van der Waals surface area contributed by atoms with Crippen molar-refractivity contribution >= 4 is 68.4 Å². The summed E-state index contributed by atoms with van der Waals surface area (Å²) in [6.07, 6.45) is 0.983. The van der Waals surface area contributed by atoms with Crippen molar-refractivity contribution in [2.24, 2.45) is 5.29 Å². The van der Waals surface area contributed by atoms with E-state index in [-0.39, 0.29) is 29.8 Å². The number of rotatable bonds is 4. The molecule has 0 fully saturated rings. The van der Waals surface area contributed by atoms with Crippen molar-refractivity contribution in [3.05, 3.63) is 215 Å². The molecule has 4 aliphatic rings. The Balaban J connectivity index is 0.000000119. The van der Waals surface area contributed by atoms with E-state index in [9.17, 15) is 19.3 Å². The quantitative estimate of drug-likeness (QED) is 0.0737. The van der Waals surface area contributed by atoms with Crippen molar-refractivity contribution in [1.82, 2.24) is 9.47 Å². The van der Waals surface area contributed by atoms with Crippen molar-refractivity contribution in [1.29, 1.82) is 0 Å². The summed E-state index contributed by atoms with van der Waals surface area (Å²) in [7, 11) is 2.16. The molecule has 3 atom stereocenters. The van der Waals surface area contributed by atoms with E-state index in [0.29, 0.717) is 22.7 Å². The number of nitrogens with zero attached hydrogens (tertiary/aromatic N) is 4. The number of fused-ring (bicyclic) bond motifs is 5. The Kier molecular flexibility index (Phi) is 12.9. The highest BCUT2D eigenvalue weighted by molar-refractivity contribution is 6.09. The number of amides is 3. The zero-order valence-corrected chi connectivity index (χ0v) is 37.3. The Morgan fingerprint density at radius 3 is 1.66 bits per heavy atom. The fourth-order valence-corrected chi connectivity index (χ4v) is 9.00. The molecular weight excluding hydrogens is 853 g/mol. The average molecular weight is 903 g/mol. The van der Waals surface area contributed by atoms with Gasteiger partial charge in [-0.25, -0.2) is 5.01 Å². The van der Waals surface area contributed by atoms with E-state index in [1.54, 1.807) is 48.5 Å². The molecule has 0 spiro atoms. The van der Waals surface area contributed by atoms with Gasteiger partial charge in [0.2, 0.25) is 0 Å².